The Morgan fingerprint density at radius 3 is 2.27 bits per heavy atom. The fourth-order valence-corrected chi connectivity index (χ4v) is 3.86. The first-order valence-electron chi connectivity index (χ1n) is 7.33. The Labute approximate surface area is 150 Å². The fourth-order valence-electron chi connectivity index (χ4n) is 2.28. The molecule has 138 valence electrons. The Morgan fingerprint density at radius 2 is 1.65 bits per heavy atom. The maximum absolute atomic E-state index is 12.5. The number of primary sulfonamides is 1. The molecule has 1 amide bonds. The topological polar surface area (TPSA) is 145 Å². The Bertz CT molecular complexity index is 1080. The van der Waals surface area contributed by atoms with Gasteiger partial charge in [-0.3, -0.25) is 9.52 Å². The summed E-state index contributed by atoms with van der Waals surface area (Å²) in [6.45, 7) is 1.55. The van der Waals surface area contributed by atoms with Gasteiger partial charge in [-0.2, -0.15) is 0 Å². The number of benzene rings is 2. The molecule has 9 nitrogen and oxygen atoms in total. The van der Waals surface area contributed by atoms with Crippen molar-refractivity contribution in [3.05, 3.63) is 42.5 Å². The predicted octanol–water partition coefficient (Wildman–Crippen LogP) is 0.854. The van der Waals surface area contributed by atoms with E-state index < -0.39 is 26.2 Å². The van der Waals surface area contributed by atoms with Crippen LogP contribution in [0.25, 0.3) is 0 Å². The Hall–Kier alpha value is -2.63. The van der Waals surface area contributed by atoms with Crippen LogP contribution in [0.15, 0.2) is 52.3 Å². The number of nitrogens with one attached hydrogen (secondary N) is 2. The third kappa shape index (κ3) is 3.64. The summed E-state index contributed by atoms with van der Waals surface area (Å²) in [6.07, 6.45) is -0.737. The number of carbonyl (C=O) groups is 1. The molecule has 1 heterocycles. The van der Waals surface area contributed by atoms with Crippen LogP contribution in [-0.2, 0) is 24.8 Å². The maximum atomic E-state index is 12.5. The van der Waals surface area contributed by atoms with Crippen molar-refractivity contribution in [2.24, 2.45) is 5.14 Å². The first kappa shape index (κ1) is 18.2. The standard InChI is InChI=1S/C15H15N3O6S2/c1-9-15(19)17-13-7-6-12(8-14(13)24-9)26(22,23)18-10-2-4-11(5-3-10)25(16,20)21/h2-9,18H,1H3,(H,17,19)(H2,16,20,21). The number of nitrogens with two attached hydrogens (primary N) is 1. The van der Waals surface area contributed by atoms with Crippen LogP contribution in [0.4, 0.5) is 11.4 Å². The predicted molar refractivity (Wildman–Crippen MR) is 93.8 cm³/mol. The van der Waals surface area contributed by atoms with Crippen LogP contribution >= 0.6 is 0 Å². The van der Waals surface area contributed by atoms with Crippen molar-refractivity contribution in [3.8, 4) is 5.75 Å². The van der Waals surface area contributed by atoms with Crippen molar-refractivity contribution in [2.75, 3.05) is 10.0 Å². The number of anilines is 2. The monoisotopic (exact) mass is 397 g/mol. The molecule has 0 aromatic heterocycles. The summed E-state index contributed by atoms with van der Waals surface area (Å²) in [5.74, 6) is -0.0780. The molecule has 0 bridgehead atoms. The van der Waals surface area contributed by atoms with Crippen molar-refractivity contribution in [1.29, 1.82) is 0 Å². The molecule has 0 spiro atoms. The quantitative estimate of drug-likeness (QED) is 0.697. The van der Waals surface area contributed by atoms with Crippen molar-refractivity contribution in [1.82, 2.24) is 0 Å². The molecule has 0 saturated heterocycles. The number of sulfonamides is 2. The van der Waals surface area contributed by atoms with Gasteiger partial charge in [-0.05, 0) is 43.3 Å². The maximum Gasteiger partial charge on any atom is 0.265 e. The van der Waals surface area contributed by atoms with E-state index in [1.807, 2.05) is 0 Å². The van der Waals surface area contributed by atoms with Gasteiger partial charge in [0.25, 0.3) is 15.9 Å². The average Bonchev–Trinajstić information content (AvgIpc) is 2.55. The van der Waals surface area contributed by atoms with Crippen molar-refractivity contribution >= 4 is 37.3 Å². The second kappa shape index (κ2) is 6.27. The number of fused-ring (bicyclic) bond motifs is 1. The highest BCUT2D eigenvalue weighted by Gasteiger charge is 2.25. The van der Waals surface area contributed by atoms with Gasteiger partial charge in [0.1, 0.15) is 5.75 Å². The summed E-state index contributed by atoms with van der Waals surface area (Å²) < 4.78 is 55.2. The lowest BCUT2D eigenvalue weighted by Gasteiger charge is -2.23. The van der Waals surface area contributed by atoms with Gasteiger partial charge in [0.2, 0.25) is 10.0 Å². The minimum absolute atomic E-state index is 0.0740. The summed E-state index contributed by atoms with van der Waals surface area (Å²) in [6, 6.07) is 9.01. The second-order valence-electron chi connectivity index (χ2n) is 5.58. The van der Waals surface area contributed by atoms with E-state index in [0.717, 1.165) is 0 Å². The van der Waals surface area contributed by atoms with Crippen molar-refractivity contribution in [3.63, 3.8) is 0 Å². The van der Waals surface area contributed by atoms with E-state index in [0.29, 0.717) is 5.69 Å². The van der Waals surface area contributed by atoms with E-state index in [4.69, 9.17) is 9.88 Å². The lowest BCUT2D eigenvalue weighted by molar-refractivity contribution is -0.122. The normalized spacial score (nSPS) is 17.0. The van der Waals surface area contributed by atoms with Crippen LogP contribution in [-0.4, -0.2) is 28.8 Å². The molecular formula is C15H15N3O6S2. The first-order chi connectivity index (χ1) is 12.1. The zero-order valence-electron chi connectivity index (χ0n) is 13.5. The summed E-state index contributed by atoms with van der Waals surface area (Å²) in [4.78, 5) is 11.4. The average molecular weight is 397 g/mol. The third-order valence-electron chi connectivity index (χ3n) is 3.63. The molecule has 4 N–H and O–H groups in total. The molecule has 1 aliphatic rings. The van der Waals surface area contributed by atoms with Gasteiger partial charge in [0, 0.05) is 11.8 Å². The molecular weight excluding hydrogens is 382 g/mol. The van der Waals surface area contributed by atoms with E-state index in [1.165, 1.54) is 42.5 Å². The van der Waals surface area contributed by atoms with Crippen molar-refractivity contribution < 1.29 is 26.4 Å². The van der Waals surface area contributed by atoms with Gasteiger partial charge in [-0.1, -0.05) is 0 Å². The smallest absolute Gasteiger partial charge is 0.265 e. The van der Waals surface area contributed by atoms with Gasteiger partial charge in [-0.15, -0.1) is 0 Å². The largest absolute Gasteiger partial charge is 0.479 e. The fraction of sp³-hybridized carbons (Fsp3) is 0.133. The second-order valence-corrected chi connectivity index (χ2v) is 8.83. The number of hydrogen-bond donors (Lipinski definition) is 3. The lowest BCUT2D eigenvalue weighted by Crippen LogP contribution is -2.34. The lowest BCUT2D eigenvalue weighted by atomic mass is 10.2. The molecule has 1 atom stereocenters. The minimum Gasteiger partial charge on any atom is -0.479 e. The summed E-state index contributed by atoms with van der Waals surface area (Å²) in [5.41, 5.74) is 0.544. The Kier molecular flexibility index (Phi) is 4.38. The molecule has 0 fully saturated rings. The highest BCUT2D eigenvalue weighted by molar-refractivity contribution is 7.92. The highest BCUT2D eigenvalue weighted by Crippen LogP contribution is 2.32. The number of ether oxygens (including phenoxy) is 1. The number of rotatable bonds is 4. The zero-order valence-corrected chi connectivity index (χ0v) is 15.1. The Balaban J connectivity index is 1.87. The number of carbonyl (C=O) groups excluding carboxylic acids is 1. The van der Waals surface area contributed by atoms with Gasteiger partial charge < -0.3 is 10.1 Å². The van der Waals surface area contributed by atoms with Gasteiger partial charge in [0.05, 0.1) is 15.5 Å². The van der Waals surface area contributed by atoms with Crippen LogP contribution in [0.1, 0.15) is 6.92 Å². The van der Waals surface area contributed by atoms with Gasteiger partial charge in [0.15, 0.2) is 6.10 Å². The van der Waals surface area contributed by atoms with E-state index >= 15 is 0 Å². The van der Waals surface area contributed by atoms with Crippen LogP contribution in [0, 0.1) is 0 Å². The summed E-state index contributed by atoms with van der Waals surface area (Å²) in [7, 11) is -7.81. The van der Waals surface area contributed by atoms with Crippen LogP contribution < -0.4 is 19.9 Å². The zero-order chi connectivity index (χ0) is 19.1. The molecule has 1 unspecified atom stereocenters. The van der Waals surface area contributed by atoms with Crippen molar-refractivity contribution in [2.45, 2.75) is 22.8 Å². The van der Waals surface area contributed by atoms with E-state index in [-0.39, 0.29) is 27.1 Å². The van der Waals surface area contributed by atoms with Gasteiger partial charge >= 0.3 is 0 Å². The van der Waals surface area contributed by atoms with Crippen LogP contribution in [0.3, 0.4) is 0 Å². The molecule has 2 aromatic carbocycles. The molecule has 26 heavy (non-hydrogen) atoms. The van der Waals surface area contributed by atoms with E-state index in [1.54, 1.807) is 6.92 Å². The number of hydrogen-bond acceptors (Lipinski definition) is 6. The third-order valence-corrected chi connectivity index (χ3v) is 5.94. The molecule has 2 aromatic rings. The van der Waals surface area contributed by atoms with Crippen LogP contribution in [0.5, 0.6) is 5.75 Å². The molecule has 11 heteroatoms. The van der Waals surface area contributed by atoms with Crippen LogP contribution in [0.2, 0.25) is 0 Å². The molecule has 3 rings (SSSR count). The molecule has 0 aliphatic carbocycles. The summed E-state index contributed by atoms with van der Waals surface area (Å²) >= 11 is 0. The molecule has 0 saturated carbocycles. The molecule has 1 aliphatic heterocycles. The number of amides is 1. The SMILES string of the molecule is CC1Oc2cc(S(=O)(=O)Nc3ccc(S(N)(=O)=O)cc3)ccc2NC1=O. The van der Waals surface area contributed by atoms with E-state index in [9.17, 15) is 21.6 Å². The Morgan fingerprint density at radius 1 is 1.04 bits per heavy atom. The van der Waals surface area contributed by atoms with Gasteiger partial charge in [-0.25, -0.2) is 22.0 Å². The summed E-state index contributed by atoms with van der Waals surface area (Å²) in [5, 5.41) is 7.61. The minimum atomic E-state index is -3.95. The highest BCUT2D eigenvalue weighted by atomic mass is 32.2. The molecule has 0 radical (unpaired) electrons. The van der Waals surface area contributed by atoms with E-state index in [2.05, 4.69) is 10.0 Å². The first-order valence-corrected chi connectivity index (χ1v) is 10.4.